The van der Waals surface area contributed by atoms with E-state index in [9.17, 15) is 9.70 Å². The minimum Gasteiger partial charge on any atom is -0.465 e. The molecule has 9 heteroatoms. The van der Waals surface area contributed by atoms with Gasteiger partial charge in [0.05, 0.1) is 33.5 Å². The zero-order chi connectivity index (χ0) is 24.4. The first-order valence-corrected chi connectivity index (χ1v) is 13.1. The Balaban J connectivity index is 1.46. The van der Waals surface area contributed by atoms with Crippen molar-refractivity contribution in [2.45, 2.75) is 49.7 Å². The predicted molar refractivity (Wildman–Crippen MR) is 142 cm³/mol. The molecule has 3 rings (SSSR count). The molecule has 0 aromatic heterocycles. The lowest BCUT2D eigenvalue weighted by atomic mass is 9.88. The monoisotopic (exact) mass is 523 g/mol. The van der Waals surface area contributed by atoms with Crippen LogP contribution in [-0.4, -0.2) is 42.4 Å². The third-order valence-corrected chi connectivity index (χ3v) is 7.70. The van der Waals surface area contributed by atoms with Crippen LogP contribution in [-0.2, 0) is 16.0 Å². The Morgan fingerprint density at radius 1 is 1.12 bits per heavy atom. The van der Waals surface area contributed by atoms with Gasteiger partial charge in [-0.15, -0.1) is 4.91 Å². The lowest BCUT2D eigenvalue weighted by Gasteiger charge is -2.37. The van der Waals surface area contributed by atoms with Crippen molar-refractivity contribution in [3.63, 3.8) is 0 Å². The van der Waals surface area contributed by atoms with E-state index in [0.717, 1.165) is 56.4 Å². The number of halogens is 2. The van der Waals surface area contributed by atoms with E-state index in [-0.39, 0.29) is 17.1 Å². The van der Waals surface area contributed by atoms with Crippen LogP contribution in [0.2, 0.25) is 10.0 Å². The summed E-state index contributed by atoms with van der Waals surface area (Å²) < 4.78 is 8.55. The normalized spacial score (nSPS) is 15.2. The van der Waals surface area contributed by atoms with Crippen LogP contribution in [0.1, 0.15) is 44.1 Å². The number of hydrogen-bond donors (Lipinski definition) is 1. The largest absolute Gasteiger partial charge is 0.465 e. The van der Waals surface area contributed by atoms with Crippen molar-refractivity contribution in [3.05, 3.63) is 63.0 Å². The Kier molecular flexibility index (Phi) is 10.5. The predicted octanol–water partition coefficient (Wildman–Crippen LogP) is 7.26. The number of carbonyl (C=O) groups is 1. The van der Waals surface area contributed by atoms with Gasteiger partial charge in [-0.3, -0.25) is 4.79 Å². The fourth-order valence-electron chi connectivity index (χ4n) is 4.40. The first-order valence-electron chi connectivity index (χ1n) is 11.6. The van der Waals surface area contributed by atoms with E-state index < -0.39 is 0 Å². The third kappa shape index (κ3) is 7.87. The van der Waals surface area contributed by atoms with Gasteiger partial charge in [-0.05, 0) is 50.1 Å². The van der Waals surface area contributed by atoms with Gasteiger partial charge in [0.2, 0.25) is 0 Å². The maximum absolute atomic E-state index is 12.5. The molecule has 2 aromatic carbocycles. The molecule has 0 heterocycles. The highest BCUT2D eigenvalue weighted by Gasteiger charge is 2.35. The molecule has 1 N–H and O–H groups in total. The SMILES string of the molecule is CN(CCCOC(=O)Cc1ccccc1Nc1c(Cl)cccc1Cl)CC1(SN=O)CCCCC1. The van der Waals surface area contributed by atoms with Crippen LogP contribution in [0.5, 0.6) is 0 Å². The van der Waals surface area contributed by atoms with Crippen molar-refractivity contribution in [2.24, 2.45) is 4.58 Å². The summed E-state index contributed by atoms with van der Waals surface area (Å²) in [7, 11) is 2.05. The van der Waals surface area contributed by atoms with Gasteiger partial charge < -0.3 is 15.0 Å². The van der Waals surface area contributed by atoms with Gasteiger partial charge in [0.1, 0.15) is 0 Å². The van der Waals surface area contributed by atoms with Crippen LogP contribution in [0.4, 0.5) is 11.4 Å². The summed E-state index contributed by atoms with van der Waals surface area (Å²) in [5, 5.41) is 4.25. The van der Waals surface area contributed by atoms with Crippen molar-refractivity contribution in [1.29, 1.82) is 0 Å². The standard InChI is InChI=1S/C25H31Cl2N3O3S/c1-30(18-25(34-29-32)13-5-2-6-14-25)15-8-16-33-23(31)17-19-9-3-4-12-22(19)28-24-20(26)10-7-11-21(24)27/h3-4,7,9-12,28H,2,5-6,8,13-18H2,1H3. The van der Waals surface area contributed by atoms with Crippen LogP contribution in [0.25, 0.3) is 0 Å². The summed E-state index contributed by atoms with van der Waals surface area (Å²) in [6.45, 7) is 1.96. The zero-order valence-corrected chi connectivity index (χ0v) is 21.7. The molecule has 1 aliphatic rings. The van der Waals surface area contributed by atoms with Gasteiger partial charge in [-0.2, -0.15) is 0 Å². The maximum Gasteiger partial charge on any atom is 0.310 e. The molecule has 1 aliphatic carbocycles. The Morgan fingerprint density at radius 3 is 2.53 bits per heavy atom. The van der Waals surface area contributed by atoms with Gasteiger partial charge in [0.15, 0.2) is 0 Å². The molecule has 0 saturated heterocycles. The Hall–Kier alpha value is -1.80. The van der Waals surface area contributed by atoms with E-state index in [0.29, 0.717) is 22.3 Å². The molecule has 2 aromatic rings. The van der Waals surface area contributed by atoms with Gasteiger partial charge in [0, 0.05) is 35.3 Å². The first-order chi connectivity index (χ1) is 16.4. The van der Waals surface area contributed by atoms with E-state index >= 15 is 0 Å². The van der Waals surface area contributed by atoms with Gasteiger partial charge in [0.25, 0.3) is 0 Å². The minimum absolute atomic E-state index is 0.0767. The summed E-state index contributed by atoms with van der Waals surface area (Å²) >= 11 is 13.7. The number of nitroso groups, excluding NO2 is 1. The molecule has 34 heavy (non-hydrogen) atoms. The molecule has 0 radical (unpaired) electrons. The number of nitrogens with one attached hydrogen (secondary N) is 1. The van der Waals surface area contributed by atoms with Gasteiger partial charge in [-0.1, -0.05) is 66.7 Å². The highest BCUT2D eigenvalue weighted by atomic mass is 35.5. The summed E-state index contributed by atoms with van der Waals surface area (Å²) in [6.07, 6.45) is 6.44. The molecule has 1 fully saturated rings. The number of benzene rings is 2. The molecule has 0 unspecified atom stereocenters. The van der Waals surface area contributed by atoms with Crippen LogP contribution in [0.3, 0.4) is 0 Å². The number of hydrogen-bond acceptors (Lipinski definition) is 7. The second kappa shape index (κ2) is 13.3. The van der Waals surface area contributed by atoms with Crippen LogP contribution in [0.15, 0.2) is 47.0 Å². The average Bonchev–Trinajstić information content (AvgIpc) is 2.81. The summed E-state index contributed by atoms with van der Waals surface area (Å²) in [6, 6.07) is 12.8. The molecule has 0 atom stereocenters. The number of nitrogens with zero attached hydrogens (tertiary/aromatic N) is 2. The lowest BCUT2D eigenvalue weighted by molar-refractivity contribution is -0.143. The number of anilines is 2. The van der Waals surface area contributed by atoms with E-state index in [1.54, 1.807) is 18.2 Å². The second-order valence-corrected chi connectivity index (χ2v) is 10.8. The highest BCUT2D eigenvalue weighted by Crippen LogP contribution is 2.41. The minimum atomic E-state index is -0.286. The maximum atomic E-state index is 12.5. The molecule has 184 valence electrons. The van der Waals surface area contributed by atoms with E-state index in [1.807, 2.05) is 31.3 Å². The van der Waals surface area contributed by atoms with Crippen molar-refractivity contribution in [3.8, 4) is 0 Å². The molecule has 0 amide bonds. The number of esters is 1. The van der Waals surface area contributed by atoms with E-state index in [1.165, 1.54) is 18.4 Å². The quantitative estimate of drug-likeness (QED) is 0.136. The smallest absolute Gasteiger partial charge is 0.310 e. The van der Waals surface area contributed by atoms with Crippen molar-refractivity contribution < 1.29 is 9.53 Å². The summed E-state index contributed by atoms with van der Waals surface area (Å²) in [5.41, 5.74) is 2.17. The molecule has 0 aliphatic heterocycles. The fourth-order valence-corrected chi connectivity index (χ4v) is 5.80. The Bertz CT molecular complexity index is 950. The van der Waals surface area contributed by atoms with Crippen LogP contribution < -0.4 is 5.32 Å². The van der Waals surface area contributed by atoms with E-state index in [2.05, 4.69) is 14.8 Å². The third-order valence-electron chi connectivity index (χ3n) is 6.08. The first kappa shape index (κ1) is 26.8. The highest BCUT2D eigenvalue weighted by molar-refractivity contribution is 7.99. The summed E-state index contributed by atoms with van der Waals surface area (Å²) in [5.74, 6) is -0.286. The molecular weight excluding hydrogens is 493 g/mol. The van der Waals surface area contributed by atoms with Gasteiger partial charge >= 0.3 is 5.97 Å². The average molecular weight is 525 g/mol. The van der Waals surface area contributed by atoms with Crippen LogP contribution in [0, 0.1) is 4.91 Å². The molecule has 6 nitrogen and oxygen atoms in total. The van der Waals surface area contributed by atoms with Gasteiger partial charge in [-0.25, -0.2) is 0 Å². The fraction of sp³-hybridized carbons (Fsp3) is 0.480. The van der Waals surface area contributed by atoms with Crippen molar-refractivity contribution in [2.75, 3.05) is 32.1 Å². The molecule has 1 saturated carbocycles. The number of carbonyl (C=O) groups excluding carboxylic acids is 1. The Labute approximate surface area is 215 Å². The van der Waals surface area contributed by atoms with E-state index in [4.69, 9.17) is 27.9 Å². The number of rotatable bonds is 12. The molecular formula is C25H31Cl2N3O3S. The lowest BCUT2D eigenvalue weighted by Crippen LogP contribution is -2.40. The number of para-hydroxylation sites is 2. The van der Waals surface area contributed by atoms with Crippen molar-refractivity contribution >= 4 is 52.5 Å². The molecule has 0 bridgehead atoms. The van der Waals surface area contributed by atoms with Crippen LogP contribution >= 0.6 is 35.1 Å². The topological polar surface area (TPSA) is 71.0 Å². The zero-order valence-electron chi connectivity index (χ0n) is 19.4. The Morgan fingerprint density at radius 2 is 1.82 bits per heavy atom. The second-order valence-electron chi connectivity index (χ2n) is 8.78. The summed E-state index contributed by atoms with van der Waals surface area (Å²) in [4.78, 5) is 25.6. The number of ether oxygens (including phenoxy) is 1. The molecule has 0 spiro atoms. The van der Waals surface area contributed by atoms with Crippen molar-refractivity contribution in [1.82, 2.24) is 4.90 Å².